The molecule has 0 aromatic heterocycles. The van der Waals surface area contributed by atoms with E-state index in [1.165, 1.54) is 71.0 Å². The Morgan fingerprint density at radius 1 is 1.24 bits per heavy atom. The fraction of sp³-hybridized carbons (Fsp3) is 1.00. The average Bonchev–Trinajstić information content (AvgIpc) is 2.39. The Balaban J connectivity index is 1.75. The van der Waals surface area contributed by atoms with Gasteiger partial charge in [-0.2, -0.15) is 0 Å². The molecule has 0 saturated carbocycles. The smallest absolute Gasteiger partial charge is 0.0179 e. The minimum atomic E-state index is 0.502. The molecule has 2 aliphatic rings. The summed E-state index contributed by atoms with van der Waals surface area (Å²) in [7, 11) is 2.26. The summed E-state index contributed by atoms with van der Waals surface area (Å²) < 4.78 is 0. The van der Waals surface area contributed by atoms with Gasteiger partial charge in [0.05, 0.1) is 0 Å². The van der Waals surface area contributed by atoms with Crippen LogP contribution in [0.1, 0.15) is 58.3 Å². The van der Waals surface area contributed by atoms with E-state index in [4.69, 9.17) is 0 Å². The Bertz CT molecular complexity index is 213. The molecule has 2 rings (SSSR count). The molecule has 2 heterocycles. The highest BCUT2D eigenvalue weighted by atomic mass is 15.1. The van der Waals surface area contributed by atoms with Crippen LogP contribution in [0.2, 0.25) is 0 Å². The first kappa shape index (κ1) is 13.4. The normalized spacial score (nSPS) is 32.8. The maximum absolute atomic E-state index is 3.82. The van der Waals surface area contributed by atoms with Crippen LogP contribution in [0.25, 0.3) is 0 Å². The summed E-state index contributed by atoms with van der Waals surface area (Å²) in [6.07, 6.45) is 11.3. The summed E-state index contributed by atoms with van der Waals surface area (Å²) in [4.78, 5) is 2.48. The molecule has 1 unspecified atom stereocenters. The Morgan fingerprint density at radius 2 is 2.00 bits per heavy atom. The van der Waals surface area contributed by atoms with E-state index in [9.17, 15) is 0 Å². The molecule has 2 fully saturated rings. The van der Waals surface area contributed by atoms with E-state index < -0.39 is 0 Å². The Labute approximate surface area is 107 Å². The molecule has 100 valence electrons. The third-order valence-corrected chi connectivity index (χ3v) is 5.13. The van der Waals surface area contributed by atoms with Crippen molar-refractivity contribution in [1.82, 2.24) is 10.2 Å². The van der Waals surface area contributed by atoms with Gasteiger partial charge in [-0.05, 0) is 77.5 Å². The SMILES string of the molecule is CCC1(CCC2CCN(C)CC2)CCCCN1. The van der Waals surface area contributed by atoms with Crippen LogP contribution >= 0.6 is 0 Å². The molecule has 0 amide bonds. The lowest BCUT2D eigenvalue weighted by molar-refractivity contribution is 0.173. The molecule has 2 aliphatic heterocycles. The lowest BCUT2D eigenvalue weighted by Gasteiger charge is -2.39. The summed E-state index contributed by atoms with van der Waals surface area (Å²) >= 11 is 0. The third-order valence-electron chi connectivity index (χ3n) is 5.13. The molecule has 0 bridgehead atoms. The van der Waals surface area contributed by atoms with Gasteiger partial charge in [0.15, 0.2) is 0 Å². The number of piperidine rings is 2. The molecule has 0 spiro atoms. The second-order valence-corrected chi connectivity index (χ2v) is 6.30. The quantitative estimate of drug-likeness (QED) is 0.810. The van der Waals surface area contributed by atoms with Gasteiger partial charge >= 0.3 is 0 Å². The van der Waals surface area contributed by atoms with Crippen LogP contribution in [0.15, 0.2) is 0 Å². The van der Waals surface area contributed by atoms with Crippen molar-refractivity contribution in [3.05, 3.63) is 0 Å². The van der Waals surface area contributed by atoms with Gasteiger partial charge in [-0.25, -0.2) is 0 Å². The second-order valence-electron chi connectivity index (χ2n) is 6.30. The van der Waals surface area contributed by atoms with Crippen LogP contribution in [0, 0.1) is 5.92 Å². The summed E-state index contributed by atoms with van der Waals surface area (Å²) in [5, 5.41) is 3.82. The monoisotopic (exact) mass is 238 g/mol. The topological polar surface area (TPSA) is 15.3 Å². The highest BCUT2D eigenvalue weighted by Crippen LogP contribution is 2.31. The molecule has 17 heavy (non-hydrogen) atoms. The van der Waals surface area contributed by atoms with Crippen molar-refractivity contribution in [1.29, 1.82) is 0 Å². The van der Waals surface area contributed by atoms with E-state index in [-0.39, 0.29) is 0 Å². The molecular weight excluding hydrogens is 208 g/mol. The van der Waals surface area contributed by atoms with Crippen molar-refractivity contribution in [3.8, 4) is 0 Å². The molecular formula is C15H30N2. The van der Waals surface area contributed by atoms with Crippen molar-refractivity contribution in [3.63, 3.8) is 0 Å². The zero-order valence-electron chi connectivity index (χ0n) is 11.8. The summed E-state index contributed by atoms with van der Waals surface area (Å²) in [5.74, 6) is 0.998. The van der Waals surface area contributed by atoms with Gasteiger partial charge in [-0.3, -0.25) is 0 Å². The predicted molar refractivity (Wildman–Crippen MR) is 74.3 cm³/mol. The standard InChI is InChI=1S/C15H30N2/c1-3-15(9-4-5-11-16-15)10-6-14-7-12-17(2)13-8-14/h14,16H,3-13H2,1-2H3. The zero-order chi connectivity index (χ0) is 12.1. The fourth-order valence-electron chi connectivity index (χ4n) is 3.55. The number of nitrogens with zero attached hydrogens (tertiary/aromatic N) is 1. The minimum Gasteiger partial charge on any atom is -0.311 e. The van der Waals surface area contributed by atoms with Crippen molar-refractivity contribution in [2.24, 2.45) is 5.92 Å². The van der Waals surface area contributed by atoms with Crippen molar-refractivity contribution in [2.45, 2.75) is 63.8 Å². The first-order chi connectivity index (χ1) is 8.24. The molecule has 2 heteroatoms. The van der Waals surface area contributed by atoms with Crippen LogP contribution < -0.4 is 5.32 Å². The van der Waals surface area contributed by atoms with Gasteiger partial charge < -0.3 is 10.2 Å². The van der Waals surface area contributed by atoms with E-state index >= 15 is 0 Å². The summed E-state index contributed by atoms with van der Waals surface area (Å²) in [5.41, 5.74) is 0.502. The highest BCUT2D eigenvalue weighted by molar-refractivity contribution is 4.90. The van der Waals surface area contributed by atoms with E-state index in [1.807, 2.05) is 0 Å². The second kappa shape index (κ2) is 6.19. The lowest BCUT2D eigenvalue weighted by Crippen LogP contribution is -2.48. The van der Waals surface area contributed by atoms with Crippen molar-refractivity contribution >= 4 is 0 Å². The minimum absolute atomic E-state index is 0.502. The maximum atomic E-state index is 3.82. The van der Waals surface area contributed by atoms with E-state index in [0.29, 0.717) is 5.54 Å². The molecule has 0 aromatic carbocycles. The molecule has 2 saturated heterocycles. The van der Waals surface area contributed by atoms with Gasteiger partial charge in [-0.15, -0.1) is 0 Å². The largest absolute Gasteiger partial charge is 0.311 e. The van der Waals surface area contributed by atoms with E-state index in [2.05, 4.69) is 24.2 Å². The molecule has 1 atom stereocenters. The average molecular weight is 238 g/mol. The number of hydrogen-bond donors (Lipinski definition) is 1. The number of rotatable bonds is 4. The molecule has 2 nitrogen and oxygen atoms in total. The Kier molecular flexibility index (Phi) is 4.87. The van der Waals surface area contributed by atoms with Gasteiger partial charge in [0.2, 0.25) is 0 Å². The molecule has 0 aromatic rings. The number of hydrogen-bond acceptors (Lipinski definition) is 2. The van der Waals surface area contributed by atoms with E-state index in [0.717, 1.165) is 5.92 Å². The molecule has 1 N–H and O–H groups in total. The molecule has 0 radical (unpaired) electrons. The summed E-state index contributed by atoms with van der Waals surface area (Å²) in [6.45, 7) is 6.25. The maximum Gasteiger partial charge on any atom is 0.0179 e. The highest BCUT2D eigenvalue weighted by Gasteiger charge is 2.30. The fourth-order valence-corrected chi connectivity index (χ4v) is 3.55. The first-order valence-corrected chi connectivity index (χ1v) is 7.68. The van der Waals surface area contributed by atoms with Crippen LogP contribution in [0.4, 0.5) is 0 Å². The van der Waals surface area contributed by atoms with Gasteiger partial charge in [0, 0.05) is 5.54 Å². The predicted octanol–water partition coefficient (Wildman–Crippen LogP) is 3.03. The van der Waals surface area contributed by atoms with Crippen LogP contribution in [0.5, 0.6) is 0 Å². The summed E-state index contributed by atoms with van der Waals surface area (Å²) in [6, 6.07) is 0. The van der Waals surface area contributed by atoms with Gasteiger partial charge in [0.1, 0.15) is 0 Å². The lowest BCUT2D eigenvalue weighted by atomic mass is 9.79. The van der Waals surface area contributed by atoms with Crippen LogP contribution in [0.3, 0.4) is 0 Å². The number of nitrogens with one attached hydrogen (secondary N) is 1. The van der Waals surface area contributed by atoms with Crippen LogP contribution in [-0.2, 0) is 0 Å². The first-order valence-electron chi connectivity index (χ1n) is 7.68. The van der Waals surface area contributed by atoms with Crippen molar-refractivity contribution in [2.75, 3.05) is 26.7 Å². The van der Waals surface area contributed by atoms with Gasteiger partial charge in [0.25, 0.3) is 0 Å². The van der Waals surface area contributed by atoms with Gasteiger partial charge in [-0.1, -0.05) is 13.3 Å². The van der Waals surface area contributed by atoms with E-state index in [1.54, 1.807) is 0 Å². The number of likely N-dealkylation sites (tertiary alicyclic amines) is 1. The third kappa shape index (κ3) is 3.69. The van der Waals surface area contributed by atoms with Crippen LogP contribution in [-0.4, -0.2) is 37.1 Å². The van der Waals surface area contributed by atoms with Crippen molar-refractivity contribution < 1.29 is 0 Å². The molecule has 0 aliphatic carbocycles. The Hall–Kier alpha value is -0.0800. The Morgan fingerprint density at radius 3 is 2.59 bits per heavy atom. The zero-order valence-corrected chi connectivity index (χ0v) is 11.8.